The Balaban J connectivity index is 0.00000312. The molecule has 0 aromatic heterocycles. The number of alkyl halides is 2. The second-order valence-electron chi connectivity index (χ2n) is 5.29. The first-order chi connectivity index (χ1) is 11.6. The second kappa shape index (κ2) is 11.3. The molecule has 6 nitrogen and oxygen atoms in total. The van der Waals surface area contributed by atoms with Crippen molar-refractivity contribution < 1.29 is 23.0 Å². The summed E-state index contributed by atoms with van der Waals surface area (Å²) in [5.74, 6) is 1.10. The average molecular weight is 471 g/mol. The van der Waals surface area contributed by atoms with Crippen molar-refractivity contribution in [2.75, 3.05) is 27.3 Å². The highest BCUT2D eigenvalue weighted by Gasteiger charge is 2.16. The van der Waals surface area contributed by atoms with E-state index in [1.165, 1.54) is 13.2 Å². The molecule has 0 saturated carbocycles. The van der Waals surface area contributed by atoms with Crippen molar-refractivity contribution in [3.8, 4) is 11.5 Å². The van der Waals surface area contributed by atoms with Gasteiger partial charge in [0, 0.05) is 38.4 Å². The van der Waals surface area contributed by atoms with Gasteiger partial charge < -0.3 is 24.8 Å². The molecule has 0 radical (unpaired) electrons. The van der Waals surface area contributed by atoms with E-state index >= 15 is 0 Å². The first-order valence-electron chi connectivity index (χ1n) is 7.80. The fourth-order valence-corrected chi connectivity index (χ4v) is 2.43. The lowest BCUT2D eigenvalue weighted by molar-refractivity contribution is -0.0505. The molecule has 1 aliphatic heterocycles. The number of halogens is 3. The first-order valence-corrected chi connectivity index (χ1v) is 7.80. The third kappa shape index (κ3) is 7.18. The molecule has 2 N–H and O–H groups in total. The number of rotatable bonds is 7. The van der Waals surface area contributed by atoms with E-state index in [1.807, 2.05) is 0 Å². The van der Waals surface area contributed by atoms with Gasteiger partial charge in [0.05, 0.1) is 13.2 Å². The molecule has 0 amide bonds. The molecule has 1 saturated heterocycles. The summed E-state index contributed by atoms with van der Waals surface area (Å²) >= 11 is 0. The Morgan fingerprint density at radius 1 is 1.40 bits per heavy atom. The van der Waals surface area contributed by atoms with Gasteiger partial charge in [0.25, 0.3) is 0 Å². The lowest BCUT2D eigenvalue weighted by atomic mass is 10.2. The van der Waals surface area contributed by atoms with Crippen molar-refractivity contribution in [2.45, 2.75) is 32.1 Å². The molecule has 9 heteroatoms. The first kappa shape index (κ1) is 21.7. The zero-order chi connectivity index (χ0) is 17.4. The Labute approximate surface area is 163 Å². The summed E-state index contributed by atoms with van der Waals surface area (Å²) in [5, 5.41) is 6.24. The fraction of sp³-hybridized carbons (Fsp3) is 0.562. The van der Waals surface area contributed by atoms with Crippen LogP contribution < -0.4 is 20.1 Å². The number of methoxy groups -OCH3 is 1. The van der Waals surface area contributed by atoms with Crippen LogP contribution in [0, 0.1) is 0 Å². The molecule has 25 heavy (non-hydrogen) atoms. The van der Waals surface area contributed by atoms with Gasteiger partial charge in [-0.3, -0.25) is 4.99 Å². The highest BCUT2D eigenvalue weighted by molar-refractivity contribution is 14.0. The summed E-state index contributed by atoms with van der Waals surface area (Å²) in [5.41, 5.74) is 0.580. The van der Waals surface area contributed by atoms with Gasteiger partial charge in [-0.2, -0.15) is 8.78 Å². The number of guanidine groups is 1. The summed E-state index contributed by atoms with van der Waals surface area (Å²) in [7, 11) is 3.12. The van der Waals surface area contributed by atoms with E-state index in [4.69, 9.17) is 9.47 Å². The minimum absolute atomic E-state index is 0. The second-order valence-corrected chi connectivity index (χ2v) is 5.29. The quantitative estimate of drug-likeness (QED) is 0.364. The highest BCUT2D eigenvalue weighted by atomic mass is 127. The molecule has 1 fully saturated rings. The van der Waals surface area contributed by atoms with Gasteiger partial charge in [-0.25, -0.2) is 0 Å². The van der Waals surface area contributed by atoms with E-state index < -0.39 is 6.61 Å². The number of benzene rings is 1. The van der Waals surface area contributed by atoms with Crippen LogP contribution >= 0.6 is 24.0 Å². The van der Waals surface area contributed by atoms with E-state index in [0.29, 0.717) is 23.8 Å². The lowest BCUT2D eigenvalue weighted by Gasteiger charge is -2.17. The molecule has 0 spiro atoms. The van der Waals surface area contributed by atoms with Crippen LogP contribution in [0.15, 0.2) is 23.2 Å². The van der Waals surface area contributed by atoms with E-state index in [2.05, 4.69) is 20.4 Å². The molecule has 1 aromatic rings. The van der Waals surface area contributed by atoms with Crippen LogP contribution in [0.4, 0.5) is 8.78 Å². The van der Waals surface area contributed by atoms with Crippen molar-refractivity contribution in [1.29, 1.82) is 0 Å². The van der Waals surface area contributed by atoms with E-state index in [9.17, 15) is 8.78 Å². The van der Waals surface area contributed by atoms with E-state index in [-0.39, 0.29) is 42.4 Å². The van der Waals surface area contributed by atoms with Crippen LogP contribution in [-0.2, 0) is 11.3 Å². The summed E-state index contributed by atoms with van der Waals surface area (Å²) in [6.45, 7) is -1.16. The Morgan fingerprint density at radius 3 is 2.80 bits per heavy atom. The monoisotopic (exact) mass is 471 g/mol. The topological polar surface area (TPSA) is 64.1 Å². The summed E-state index contributed by atoms with van der Waals surface area (Å²) in [4.78, 5) is 4.11. The van der Waals surface area contributed by atoms with E-state index in [1.54, 1.807) is 19.2 Å². The number of nitrogens with zero attached hydrogens (tertiary/aromatic N) is 1. The number of aliphatic imine (C=N–C) groups is 1. The van der Waals surface area contributed by atoms with Gasteiger partial charge in [-0.15, -0.1) is 24.0 Å². The van der Waals surface area contributed by atoms with Gasteiger partial charge in [0.15, 0.2) is 5.96 Å². The Kier molecular flexibility index (Phi) is 9.79. The summed E-state index contributed by atoms with van der Waals surface area (Å²) in [6, 6.07) is 4.81. The van der Waals surface area contributed by atoms with Gasteiger partial charge in [0.2, 0.25) is 0 Å². The summed E-state index contributed by atoms with van der Waals surface area (Å²) in [6.07, 6.45) is 2.27. The average Bonchev–Trinajstić information content (AvgIpc) is 3.09. The number of nitrogens with one attached hydrogen (secondary N) is 2. The maximum absolute atomic E-state index is 12.6. The largest absolute Gasteiger partial charge is 0.497 e. The number of hydrogen-bond donors (Lipinski definition) is 2. The van der Waals surface area contributed by atoms with Crippen LogP contribution in [0.3, 0.4) is 0 Å². The van der Waals surface area contributed by atoms with Crippen molar-refractivity contribution in [3.63, 3.8) is 0 Å². The van der Waals surface area contributed by atoms with Crippen LogP contribution in [0.5, 0.6) is 11.5 Å². The SMILES string of the molecule is CN=C(NCc1ccc(OC)cc1OC(F)F)NCC1CCCO1.I. The zero-order valence-corrected chi connectivity index (χ0v) is 16.6. The van der Waals surface area contributed by atoms with Gasteiger partial charge in [0.1, 0.15) is 11.5 Å². The molecule has 0 bridgehead atoms. The maximum atomic E-state index is 12.6. The standard InChI is InChI=1S/C16H23F2N3O3.HI/c1-19-16(21-10-13-4-3-7-23-13)20-9-11-5-6-12(22-2)8-14(11)24-15(17)18;/h5-6,8,13,15H,3-4,7,9-10H2,1-2H3,(H2,19,20,21);1H. The van der Waals surface area contributed by atoms with Gasteiger partial charge >= 0.3 is 6.61 Å². The molecule has 1 heterocycles. The normalized spacial score (nSPS) is 17.2. The molecule has 1 aliphatic rings. The van der Waals surface area contributed by atoms with Crippen LogP contribution in [0.2, 0.25) is 0 Å². The van der Waals surface area contributed by atoms with Crippen LogP contribution in [-0.4, -0.2) is 46.0 Å². The van der Waals surface area contributed by atoms with Gasteiger partial charge in [-0.05, 0) is 25.0 Å². The molecular formula is C16H24F2IN3O3. The third-order valence-electron chi connectivity index (χ3n) is 3.68. The predicted octanol–water partition coefficient (Wildman–Crippen LogP) is 2.76. The minimum atomic E-state index is -2.90. The maximum Gasteiger partial charge on any atom is 0.387 e. The highest BCUT2D eigenvalue weighted by Crippen LogP contribution is 2.26. The molecule has 2 rings (SSSR count). The van der Waals surface area contributed by atoms with Crippen molar-refractivity contribution >= 4 is 29.9 Å². The number of hydrogen-bond acceptors (Lipinski definition) is 4. The summed E-state index contributed by atoms with van der Waals surface area (Å²) < 4.78 is 40.3. The zero-order valence-electron chi connectivity index (χ0n) is 14.3. The molecule has 142 valence electrons. The molecule has 0 aliphatic carbocycles. The van der Waals surface area contributed by atoms with E-state index in [0.717, 1.165) is 19.4 Å². The Morgan fingerprint density at radius 2 is 2.20 bits per heavy atom. The lowest BCUT2D eigenvalue weighted by Crippen LogP contribution is -2.40. The molecule has 1 unspecified atom stereocenters. The van der Waals surface area contributed by atoms with Gasteiger partial charge in [-0.1, -0.05) is 0 Å². The smallest absolute Gasteiger partial charge is 0.387 e. The molecule has 1 aromatic carbocycles. The van der Waals surface area contributed by atoms with Crippen molar-refractivity contribution in [3.05, 3.63) is 23.8 Å². The van der Waals surface area contributed by atoms with Crippen molar-refractivity contribution in [2.24, 2.45) is 4.99 Å². The Bertz CT molecular complexity index is 555. The Hall–Kier alpha value is -1.36. The van der Waals surface area contributed by atoms with Crippen molar-refractivity contribution in [1.82, 2.24) is 10.6 Å². The number of ether oxygens (including phenoxy) is 3. The predicted molar refractivity (Wildman–Crippen MR) is 102 cm³/mol. The molecular weight excluding hydrogens is 447 g/mol. The van der Waals surface area contributed by atoms with Crippen LogP contribution in [0.25, 0.3) is 0 Å². The third-order valence-corrected chi connectivity index (χ3v) is 3.68. The fourth-order valence-electron chi connectivity index (χ4n) is 2.43. The van der Waals surface area contributed by atoms with Crippen LogP contribution in [0.1, 0.15) is 18.4 Å². The minimum Gasteiger partial charge on any atom is -0.497 e. The molecule has 1 atom stereocenters.